The van der Waals surface area contributed by atoms with Gasteiger partial charge in [0.1, 0.15) is 5.58 Å². The SMILES string of the molecule is CCN(C(=O)COC(=O)Cc1coc2cc(C)ccc12)[C@@H]1CCS(=O)(=O)C1. The molecule has 0 radical (unpaired) electrons. The molecule has 1 aromatic heterocycles. The van der Waals surface area contributed by atoms with Crippen LogP contribution in [0, 0.1) is 6.92 Å². The minimum absolute atomic E-state index is 0.00722. The second-order valence-corrected chi connectivity index (χ2v) is 9.06. The number of carbonyl (C=O) groups is 2. The zero-order valence-electron chi connectivity index (χ0n) is 15.4. The number of furan rings is 1. The molecule has 27 heavy (non-hydrogen) atoms. The molecule has 0 unspecified atom stereocenters. The first-order valence-corrected chi connectivity index (χ1v) is 10.7. The lowest BCUT2D eigenvalue weighted by Gasteiger charge is -2.26. The average molecular weight is 393 g/mol. The number of ether oxygens (including phenoxy) is 1. The van der Waals surface area contributed by atoms with Crippen LogP contribution < -0.4 is 0 Å². The molecular weight excluding hydrogens is 370 g/mol. The third-order valence-corrected chi connectivity index (χ3v) is 6.56. The molecule has 2 aromatic rings. The fraction of sp³-hybridized carbons (Fsp3) is 0.474. The molecule has 0 spiro atoms. The monoisotopic (exact) mass is 393 g/mol. The molecule has 146 valence electrons. The van der Waals surface area contributed by atoms with E-state index >= 15 is 0 Å². The van der Waals surface area contributed by atoms with Crippen molar-refractivity contribution >= 4 is 32.7 Å². The summed E-state index contributed by atoms with van der Waals surface area (Å²) in [6, 6.07) is 5.38. The smallest absolute Gasteiger partial charge is 0.310 e. The van der Waals surface area contributed by atoms with Gasteiger partial charge in [-0.3, -0.25) is 9.59 Å². The van der Waals surface area contributed by atoms with E-state index in [2.05, 4.69) is 0 Å². The summed E-state index contributed by atoms with van der Waals surface area (Å²) in [5.41, 5.74) is 2.47. The normalized spacial score (nSPS) is 18.5. The third kappa shape index (κ3) is 4.50. The number of amides is 1. The van der Waals surface area contributed by atoms with E-state index in [9.17, 15) is 18.0 Å². The lowest BCUT2D eigenvalue weighted by Crippen LogP contribution is -2.43. The lowest BCUT2D eigenvalue weighted by atomic mass is 10.1. The number of benzene rings is 1. The van der Waals surface area contributed by atoms with Gasteiger partial charge >= 0.3 is 5.97 Å². The Kier molecular flexibility index (Phi) is 5.55. The predicted molar refractivity (Wildman–Crippen MR) is 100 cm³/mol. The van der Waals surface area contributed by atoms with E-state index in [1.807, 2.05) is 25.1 Å². The van der Waals surface area contributed by atoms with Crippen molar-refractivity contribution in [3.63, 3.8) is 0 Å². The highest BCUT2D eigenvalue weighted by molar-refractivity contribution is 7.91. The van der Waals surface area contributed by atoms with Crippen LogP contribution in [0.2, 0.25) is 0 Å². The van der Waals surface area contributed by atoms with Gasteiger partial charge in [0.05, 0.1) is 24.2 Å². The minimum Gasteiger partial charge on any atom is -0.464 e. The second kappa shape index (κ2) is 7.72. The minimum atomic E-state index is -3.09. The van der Waals surface area contributed by atoms with Gasteiger partial charge in [0.2, 0.25) is 0 Å². The van der Waals surface area contributed by atoms with Crippen molar-refractivity contribution in [2.24, 2.45) is 0 Å². The van der Waals surface area contributed by atoms with Crippen LogP contribution in [-0.2, 0) is 30.6 Å². The summed E-state index contributed by atoms with van der Waals surface area (Å²) < 4.78 is 33.8. The molecule has 8 heteroatoms. The number of hydrogen-bond donors (Lipinski definition) is 0. The molecule has 0 bridgehead atoms. The molecule has 0 N–H and O–H groups in total. The largest absolute Gasteiger partial charge is 0.464 e. The lowest BCUT2D eigenvalue weighted by molar-refractivity contribution is -0.152. The summed E-state index contributed by atoms with van der Waals surface area (Å²) in [5.74, 6) is -0.836. The summed E-state index contributed by atoms with van der Waals surface area (Å²) in [6.45, 7) is 3.72. The van der Waals surface area contributed by atoms with Gasteiger partial charge in [0, 0.05) is 23.5 Å². The van der Waals surface area contributed by atoms with Crippen LogP contribution in [0.4, 0.5) is 0 Å². The Morgan fingerprint density at radius 2 is 2.11 bits per heavy atom. The number of nitrogens with zero attached hydrogens (tertiary/aromatic N) is 1. The standard InChI is InChI=1S/C19H23NO6S/c1-3-20(15-6-7-27(23,24)12-15)18(21)11-26-19(22)9-14-10-25-17-8-13(2)4-5-16(14)17/h4-5,8,10,15H,3,6-7,9,11-12H2,1-2H3/t15-/m1/s1. The summed E-state index contributed by atoms with van der Waals surface area (Å²) in [4.78, 5) is 26.0. The first-order valence-electron chi connectivity index (χ1n) is 8.91. The Bertz CT molecular complexity index is 962. The highest BCUT2D eigenvalue weighted by Crippen LogP contribution is 2.23. The van der Waals surface area contributed by atoms with Gasteiger partial charge in [-0.05, 0) is 31.9 Å². The van der Waals surface area contributed by atoms with Crippen molar-refractivity contribution < 1.29 is 27.2 Å². The molecule has 7 nitrogen and oxygen atoms in total. The molecule has 1 atom stereocenters. The molecule has 2 heterocycles. The fourth-order valence-corrected chi connectivity index (χ4v) is 5.15. The molecule has 1 aromatic carbocycles. The molecule has 1 saturated heterocycles. The maximum Gasteiger partial charge on any atom is 0.310 e. The van der Waals surface area contributed by atoms with Gasteiger partial charge in [-0.2, -0.15) is 0 Å². The second-order valence-electron chi connectivity index (χ2n) is 6.83. The van der Waals surface area contributed by atoms with Gasteiger partial charge in [-0.1, -0.05) is 12.1 Å². The van der Waals surface area contributed by atoms with Gasteiger partial charge in [0.25, 0.3) is 5.91 Å². The number of fused-ring (bicyclic) bond motifs is 1. The van der Waals surface area contributed by atoms with Crippen LogP contribution >= 0.6 is 0 Å². The van der Waals surface area contributed by atoms with E-state index in [4.69, 9.17) is 9.15 Å². The number of likely N-dealkylation sites (N-methyl/N-ethyl adjacent to an activating group) is 1. The van der Waals surface area contributed by atoms with Crippen molar-refractivity contribution in [3.8, 4) is 0 Å². The van der Waals surface area contributed by atoms with Crippen molar-refractivity contribution in [1.29, 1.82) is 0 Å². The van der Waals surface area contributed by atoms with E-state index in [0.29, 0.717) is 24.1 Å². The van der Waals surface area contributed by atoms with Crippen molar-refractivity contribution in [2.75, 3.05) is 24.7 Å². The number of hydrogen-bond acceptors (Lipinski definition) is 6. The molecule has 1 aliphatic heterocycles. The van der Waals surface area contributed by atoms with E-state index in [-0.39, 0.29) is 29.9 Å². The topological polar surface area (TPSA) is 93.9 Å². The summed E-state index contributed by atoms with van der Waals surface area (Å²) in [5, 5.41) is 0.843. The number of sulfone groups is 1. The first kappa shape index (κ1) is 19.4. The molecule has 1 fully saturated rings. The quantitative estimate of drug-likeness (QED) is 0.696. The maximum atomic E-state index is 12.4. The number of rotatable bonds is 6. The summed E-state index contributed by atoms with van der Waals surface area (Å²) >= 11 is 0. The Hall–Kier alpha value is -2.35. The Labute approximate surface area is 158 Å². The molecule has 0 aliphatic carbocycles. The number of carbonyl (C=O) groups excluding carboxylic acids is 2. The van der Waals surface area contributed by atoms with Crippen LogP contribution in [0.1, 0.15) is 24.5 Å². The molecule has 1 aliphatic rings. The van der Waals surface area contributed by atoms with Crippen LogP contribution in [-0.4, -0.2) is 55.9 Å². The zero-order valence-corrected chi connectivity index (χ0v) is 16.3. The summed E-state index contributed by atoms with van der Waals surface area (Å²) in [6.07, 6.45) is 1.96. The molecular formula is C19H23NO6S. The highest BCUT2D eigenvalue weighted by atomic mass is 32.2. The van der Waals surface area contributed by atoms with Gasteiger partial charge in [0.15, 0.2) is 16.4 Å². The zero-order chi connectivity index (χ0) is 19.6. The van der Waals surface area contributed by atoms with Crippen LogP contribution in [0.15, 0.2) is 28.9 Å². The van der Waals surface area contributed by atoms with Crippen molar-refractivity contribution in [1.82, 2.24) is 4.90 Å². The van der Waals surface area contributed by atoms with Gasteiger partial charge in [-0.25, -0.2) is 8.42 Å². The Morgan fingerprint density at radius 3 is 2.78 bits per heavy atom. The molecule has 1 amide bonds. The maximum absolute atomic E-state index is 12.4. The van der Waals surface area contributed by atoms with Gasteiger partial charge in [-0.15, -0.1) is 0 Å². The number of aryl methyl sites for hydroxylation is 1. The summed E-state index contributed by atoms with van der Waals surface area (Å²) in [7, 11) is -3.09. The van der Waals surface area contributed by atoms with Gasteiger partial charge < -0.3 is 14.1 Å². The Morgan fingerprint density at radius 1 is 1.33 bits per heavy atom. The molecule has 3 rings (SSSR count). The predicted octanol–water partition coefficient (Wildman–Crippen LogP) is 1.86. The van der Waals surface area contributed by atoms with E-state index in [1.165, 1.54) is 11.2 Å². The van der Waals surface area contributed by atoms with Crippen molar-refractivity contribution in [2.45, 2.75) is 32.7 Å². The van der Waals surface area contributed by atoms with E-state index in [1.54, 1.807) is 6.92 Å². The molecule has 0 saturated carbocycles. The third-order valence-electron chi connectivity index (χ3n) is 4.81. The van der Waals surface area contributed by atoms with Crippen molar-refractivity contribution in [3.05, 3.63) is 35.6 Å². The van der Waals surface area contributed by atoms with E-state index in [0.717, 1.165) is 10.9 Å². The van der Waals surface area contributed by atoms with E-state index < -0.39 is 22.4 Å². The van der Waals surface area contributed by atoms with Crippen LogP contribution in [0.25, 0.3) is 11.0 Å². The average Bonchev–Trinajstić information content (AvgIpc) is 3.16. The first-order chi connectivity index (χ1) is 12.8. The van der Waals surface area contributed by atoms with Crippen LogP contribution in [0.5, 0.6) is 0 Å². The highest BCUT2D eigenvalue weighted by Gasteiger charge is 2.34. The fourth-order valence-electron chi connectivity index (χ4n) is 3.42. The van der Waals surface area contributed by atoms with Crippen LogP contribution in [0.3, 0.4) is 0 Å². The Balaban J connectivity index is 1.57. The number of esters is 1.